The zero-order valence-electron chi connectivity index (χ0n) is 14.7. The third kappa shape index (κ3) is 15.3. The summed E-state index contributed by atoms with van der Waals surface area (Å²) >= 11 is 0. The number of carbonyl (C=O) groups excluding carboxylic acids is 2. The minimum Gasteiger partial charge on any atom is -0.466 e. The lowest BCUT2D eigenvalue weighted by Gasteiger charge is -2.07. The summed E-state index contributed by atoms with van der Waals surface area (Å²) in [6.07, 6.45) is 10.6. The van der Waals surface area contributed by atoms with E-state index in [4.69, 9.17) is 9.47 Å². The molecule has 4 nitrogen and oxygen atoms in total. The van der Waals surface area contributed by atoms with Crippen molar-refractivity contribution in [3.63, 3.8) is 0 Å². The fourth-order valence-corrected chi connectivity index (χ4v) is 2.18. The number of hydrogen-bond donors (Lipinski definition) is 0. The molecule has 0 radical (unpaired) electrons. The van der Waals surface area contributed by atoms with Crippen molar-refractivity contribution in [1.29, 1.82) is 0 Å². The molecule has 0 spiro atoms. The van der Waals surface area contributed by atoms with Gasteiger partial charge in [0.05, 0.1) is 12.7 Å². The summed E-state index contributed by atoms with van der Waals surface area (Å²) in [5.74, 6) is -0.338. The lowest BCUT2D eigenvalue weighted by atomic mass is 10.1. The van der Waals surface area contributed by atoms with Crippen LogP contribution in [-0.2, 0) is 19.1 Å². The SMILES string of the molecule is CCCCCCCCCOC(=O)CCCCC(=O)OC(C)C. The molecule has 0 fully saturated rings. The van der Waals surface area contributed by atoms with Crippen LogP contribution in [0.15, 0.2) is 0 Å². The third-order valence-corrected chi connectivity index (χ3v) is 3.39. The van der Waals surface area contributed by atoms with Crippen molar-refractivity contribution in [2.45, 2.75) is 97.5 Å². The smallest absolute Gasteiger partial charge is 0.306 e. The van der Waals surface area contributed by atoms with Gasteiger partial charge in [-0.2, -0.15) is 0 Å². The van der Waals surface area contributed by atoms with Gasteiger partial charge in [0.2, 0.25) is 0 Å². The summed E-state index contributed by atoms with van der Waals surface area (Å²) in [5, 5.41) is 0. The Morgan fingerprint density at radius 3 is 1.91 bits per heavy atom. The average Bonchev–Trinajstić information content (AvgIpc) is 2.45. The number of rotatable bonds is 14. The summed E-state index contributed by atoms with van der Waals surface area (Å²) in [6, 6.07) is 0. The Morgan fingerprint density at radius 1 is 0.773 bits per heavy atom. The Kier molecular flexibility index (Phi) is 14.1. The van der Waals surface area contributed by atoms with Crippen molar-refractivity contribution in [1.82, 2.24) is 0 Å². The molecule has 0 aliphatic heterocycles. The van der Waals surface area contributed by atoms with Crippen LogP contribution >= 0.6 is 0 Å². The molecule has 0 N–H and O–H groups in total. The van der Waals surface area contributed by atoms with Gasteiger partial charge in [0.25, 0.3) is 0 Å². The zero-order valence-corrected chi connectivity index (χ0v) is 14.7. The molecule has 0 rings (SSSR count). The van der Waals surface area contributed by atoms with Gasteiger partial charge in [-0.05, 0) is 33.1 Å². The van der Waals surface area contributed by atoms with Crippen molar-refractivity contribution in [3.8, 4) is 0 Å². The number of esters is 2. The van der Waals surface area contributed by atoms with E-state index in [2.05, 4.69) is 6.92 Å². The fraction of sp³-hybridized carbons (Fsp3) is 0.889. The predicted octanol–water partition coefficient (Wildman–Crippen LogP) is 4.79. The molecule has 0 aromatic rings. The maximum absolute atomic E-state index is 11.5. The molecule has 0 unspecified atom stereocenters. The molecular weight excluding hydrogens is 280 g/mol. The van der Waals surface area contributed by atoms with E-state index in [1.54, 1.807) is 0 Å². The molecule has 22 heavy (non-hydrogen) atoms. The Labute approximate surface area is 135 Å². The molecular formula is C18H34O4. The van der Waals surface area contributed by atoms with Gasteiger partial charge >= 0.3 is 11.9 Å². The third-order valence-electron chi connectivity index (χ3n) is 3.39. The molecule has 0 amide bonds. The summed E-state index contributed by atoms with van der Waals surface area (Å²) in [4.78, 5) is 22.8. The van der Waals surface area contributed by atoms with Gasteiger partial charge in [0, 0.05) is 12.8 Å². The molecule has 0 atom stereocenters. The minimum atomic E-state index is -0.188. The summed E-state index contributed by atoms with van der Waals surface area (Å²) in [7, 11) is 0. The second-order valence-electron chi connectivity index (χ2n) is 6.09. The van der Waals surface area contributed by atoms with Gasteiger partial charge < -0.3 is 9.47 Å². The molecule has 0 heterocycles. The Hall–Kier alpha value is -1.06. The van der Waals surface area contributed by atoms with Crippen LogP contribution in [0.1, 0.15) is 91.4 Å². The first-order chi connectivity index (χ1) is 10.6. The normalized spacial score (nSPS) is 10.7. The van der Waals surface area contributed by atoms with E-state index in [0.717, 1.165) is 12.8 Å². The fourth-order valence-electron chi connectivity index (χ4n) is 2.18. The first kappa shape index (κ1) is 20.9. The van der Waals surface area contributed by atoms with E-state index >= 15 is 0 Å². The summed E-state index contributed by atoms with van der Waals surface area (Å²) in [6.45, 7) is 6.41. The topological polar surface area (TPSA) is 52.6 Å². The summed E-state index contributed by atoms with van der Waals surface area (Å²) < 4.78 is 10.2. The standard InChI is InChI=1S/C18H34O4/c1-4-5-6-7-8-9-12-15-21-17(19)13-10-11-14-18(20)22-16(2)3/h16H,4-15H2,1-3H3. The van der Waals surface area contributed by atoms with E-state index in [0.29, 0.717) is 32.3 Å². The number of unbranched alkanes of at least 4 members (excludes halogenated alkanes) is 7. The first-order valence-electron chi connectivity index (χ1n) is 8.91. The van der Waals surface area contributed by atoms with Crippen LogP contribution in [0.25, 0.3) is 0 Å². The predicted molar refractivity (Wildman–Crippen MR) is 88.6 cm³/mol. The van der Waals surface area contributed by atoms with Crippen molar-refractivity contribution >= 4 is 11.9 Å². The number of hydrogen-bond acceptors (Lipinski definition) is 4. The quantitative estimate of drug-likeness (QED) is 0.341. The van der Waals surface area contributed by atoms with E-state index in [9.17, 15) is 9.59 Å². The van der Waals surface area contributed by atoms with Gasteiger partial charge in [0.15, 0.2) is 0 Å². The van der Waals surface area contributed by atoms with Crippen LogP contribution in [0, 0.1) is 0 Å². The highest BCUT2D eigenvalue weighted by atomic mass is 16.5. The maximum Gasteiger partial charge on any atom is 0.306 e. The van der Waals surface area contributed by atoms with Gasteiger partial charge in [0.1, 0.15) is 0 Å². The second-order valence-corrected chi connectivity index (χ2v) is 6.09. The highest BCUT2D eigenvalue weighted by Gasteiger charge is 2.07. The molecule has 0 saturated heterocycles. The monoisotopic (exact) mass is 314 g/mol. The number of carbonyl (C=O) groups is 2. The van der Waals surface area contributed by atoms with Crippen molar-refractivity contribution in [2.75, 3.05) is 6.61 Å². The van der Waals surface area contributed by atoms with Gasteiger partial charge in [-0.3, -0.25) is 9.59 Å². The molecule has 130 valence electrons. The highest BCUT2D eigenvalue weighted by Crippen LogP contribution is 2.08. The van der Waals surface area contributed by atoms with Crippen LogP contribution in [0.3, 0.4) is 0 Å². The van der Waals surface area contributed by atoms with E-state index in [-0.39, 0.29) is 18.0 Å². The number of ether oxygens (including phenoxy) is 2. The van der Waals surface area contributed by atoms with Crippen LogP contribution in [-0.4, -0.2) is 24.6 Å². The molecule has 0 saturated carbocycles. The highest BCUT2D eigenvalue weighted by molar-refractivity contribution is 5.70. The van der Waals surface area contributed by atoms with Gasteiger partial charge in [-0.1, -0.05) is 45.4 Å². The lowest BCUT2D eigenvalue weighted by Crippen LogP contribution is -2.11. The van der Waals surface area contributed by atoms with Crippen molar-refractivity contribution < 1.29 is 19.1 Å². The lowest BCUT2D eigenvalue weighted by molar-refractivity contribution is -0.148. The molecule has 0 aliphatic carbocycles. The Bertz CT molecular complexity index is 287. The zero-order chi connectivity index (χ0) is 16.6. The van der Waals surface area contributed by atoms with Crippen LogP contribution in [0.2, 0.25) is 0 Å². The molecule has 0 aromatic carbocycles. The summed E-state index contributed by atoms with van der Waals surface area (Å²) in [5.41, 5.74) is 0. The van der Waals surface area contributed by atoms with Gasteiger partial charge in [-0.15, -0.1) is 0 Å². The minimum absolute atomic E-state index is 0.0700. The van der Waals surface area contributed by atoms with E-state index < -0.39 is 0 Å². The van der Waals surface area contributed by atoms with Gasteiger partial charge in [-0.25, -0.2) is 0 Å². The van der Waals surface area contributed by atoms with E-state index in [1.807, 2.05) is 13.8 Å². The van der Waals surface area contributed by atoms with Crippen LogP contribution in [0.4, 0.5) is 0 Å². The largest absolute Gasteiger partial charge is 0.466 e. The molecule has 4 heteroatoms. The average molecular weight is 314 g/mol. The Balaban J connectivity index is 3.31. The second kappa shape index (κ2) is 14.9. The maximum atomic E-state index is 11.5. The molecule has 0 bridgehead atoms. The Morgan fingerprint density at radius 2 is 1.32 bits per heavy atom. The van der Waals surface area contributed by atoms with Crippen molar-refractivity contribution in [3.05, 3.63) is 0 Å². The first-order valence-corrected chi connectivity index (χ1v) is 8.91. The van der Waals surface area contributed by atoms with Crippen LogP contribution < -0.4 is 0 Å². The van der Waals surface area contributed by atoms with E-state index in [1.165, 1.54) is 32.1 Å². The van der Waals surface area contributed by atoms with Crippen LogP contribution in [0.5, 0.6) is 0 Å². The molecule has 0 aromatic heterocycles. The molecule has 0 aliphatic rings. The van der Waals surface area contributed by atoms with Crippen molar-refractivity contribution in [2.24, 2.45) is 0 Å².